The maximum Gasteiger partial charge on any atom is 0.309 e. The van der Waals surface area contributed by atoms with Crippen molar-refractivity contribution in [2.45, 2.75) is 39.4 Å². The summed E-state index contributed by atoms with van der Waals surface area (Å²) in [5.41, 5.74) is 7.03. The van der Waals surface area contributed by atoms with Crippen LogP contribution in [-0.4, -0.2) is 17.4 Å². The van der Waals surface area contributed by atoms with E-state index in [0.717, 1.165) is 11.1 Å². The largest absolute Gasteiger partial charge is 0.344 e. The SMILES string of the molecule is CC(C)(C)NC(=O)C(=O)NCc1cccc(CN)c1. The first-order valence-electron chi connectivity index (χ1n) is 6.20. The van der Waals surface area contributed by atoms with Crippen LogP contribution in [0.3, 0.4) is 0 Å². The Balaban J connectivity index is 2.52. The molecule has 0 bridgehead atoms. The molecule has 1 rings (SSSR count). The molecule has 5 nitrogen and oxygen atoms in total. The normalized spacial score (nSPS) is 10.9. The first-order chi connectivity index (χ1) is 8.81. The molecule has 0 spiro atoms. The number of amides is 2. The average molecular weight is 263 g/mol. The zero-order chi connectivity index (χ0) is 14.5. The number of benzene rings is 1. The predicted octanol–water partition coefficient (Wildman–Crippen LogP) is 0.676. The quantitative estimate of drug-likeness (QED) is 0.701. The van der Waals surface area contributed by atoms with E-state index in [9.17, 15) is 9.59 Å². The van der Waals surface area contributed by atoms with Gasteiger partial charge < -0.3 is 16.4 Å². The third-order valence-corrected chi connectivity index (χ3v) is 2.37. The molecule has 2 amide bonds. The van der Waals surface area contributed by atoms with Gasteiger partial charge >= 0.3 is 11.8 Å². The molecule has 0 aliphatic heterocycles. The van der Waals surface area contributed by atoms with Crippen LogP contribution in [0.4, 0.5) is 0 Å². The molecule has 0 radical (unpaired) electrons. The van der Waals surface area contributed by atoms with Gasteiger partial charge in [-0.1, -0.05) is 24.3 Å². The summed E-state index contributed by atoms with van der Waals surface area (Å²) in [7, 11) is 0. The molecule has 0 saturated heterocycles. The molecule has 0 fully saturated rings. The Morgan fingerprint density at radius 1 is 1.16 bits per heavy atom. The lowest BCUT2D eigenvalue weighted by Gasteiger charge is -2.19. The highest BCUT2D eigenvalue weighted by Gasteiger charge is 2.19. The summed E-state index contributed by atoms with van der Waals surface area (Å²) in [4.78, 5) is 23.2. The zero-order valence-corrected chi connectivity index (χ0v) is 11.6. The molecule has 0 aromatic heterocycles. The summed E-state index contributed by atoms with van der Waals surface area (Å²) in [6, 6.07) is 7.57. The van der Waals surface area contributed by atoms with E-state index in [1.807, 2.05) is 45.0 Å². The number of nitrogens with one attached hydrogen (secondary N) is 2. The van der Waals surface area contributed by atoms with Gasteiger partial charge in [-0.2, -0.15) is 0 Å². The topological polar surface area (TPSA) is 84.2 Å². The smallest absolute Gasteiger partial charge is 0.309 e. The standard InChI is InChI=1S/C14H21N3O2/c1-14(2,3)17-13(19)12(18)16-9-11-6-4-5-10(7-11)8-15/h4-7H,8-9,15H2,1-3H3,(H,16,18)(H,17,19). The maximum absolute atomic E-state index is 11.6. The highest BCUT2D eigenvalue weighted by Crippen LogP contribution is 2.04. The first-order valence-corrected chi connectivity index (χ1v) is 6.20. The van der Waals surface area contributed by atoms with Crippen molar-refractivity contribution in [1.82, 2.24) is 10.6 Å². The van der Waals surface area contributed by atoms with Crippen molar-refractivity contribution in [3.63, 3.8) is 0 Å². The van der Waals surface area contributed by atoms with Crippen molar-refractivity contribution >= 4 is 11.8 Å². The Morgan fingerprint density at radius 3 is 2.37 bits per heavy atom. The minimum atomic E-state index is -0.631. The van der Waals surface area contributed by atoms with Gasteiger partial charge in [-0.05, 0) is 31.9 Å². The van der Waals surface area contributed by atoms with E-state index in [2.05, 4.69) is 10.6 Å². The number of hydrogen-bond acceptors (Lipinski definition) is 3. The molecule has 0 aliphatic rings. The summed E-state index contributed by atoms with van der Waals surface area (Å²) in [5, 5.41) is 5.19. The lowest BCUT2D eigenvalue weighted by molar-refractivity contribution is -0.140. The van der Waals surface area contributed by atoms with Crippen molar-refractivity contribution in [3.05, 3.63) is 35.4 Å². The Hall–Kier alpha value is -1.88. The lowest BCUT2D eigenvalue weighted by atomic mass is 10.1. The zero-order valence-electron chi connectivity index (χ0n) is 11.6. The van der Waals surface area contributed by atoms with Gasteiger partial charge in [-0.15, -0.1) is 0 Å². The third-order valence-electron chi connectivity index (χ3n) is 2.37. The lowest BCUT2D eigenvalue weighted by Crippen LogP contribution is -2.48. The van der Waals surface area contributed by atoms with Crippen molar-refractivity contribution < 1.29 is 9.59 Å². The van der Waals surface area contributed by atoms with Gasteiger partial charge in [0.1, 0.15) is 0 Å². The fourth-order valence-electron chi connectivity index (χ4n) is 1.53. The average Bonchev–Trinajstić information content (AvgIpc) is 2.34. The van der Waals surface area contributed by atoms with Crippen molar-refractivity contribution in [2.24, 2.45) is 5.73 Å². The summed E-state index contributed by atoms with van der Waals surface area (Å²) >= 11 is 0. The van der Waals surface area contributed by atoms with Crippen molar-refractivity contribution in [3.8, 4) is 0 Å². The number of rotatable bonds is 3. The van der Waals surface area contributed by atoms with Crippen LogP contribution in [0.15, 0.2) is 24.3 Å². The van der Waals surface area contributed by atoms with Crippen LogP contribution in [0.5, 0.6) is 0 Å². The monoisotopic (exact) mass is 263 g/mol. The fraction of sp³-hybridized carbons (Fsp3) is 0.429. The van der Waals surface area contributed by atoms with E-state index in [4.69, 9.17) is 5.73 Å². The molecule has 0 atom stereocenters. The second kappa shape index (κ2) is 6.33. The van der Waals surface area contributed by atoms with E-state index < -0.39 is 17.4 Å². The maximum atomic E-state index is 11.6. The second-order valence-corrected chi connectivity index (χ2v) is 5.41. The van der Waals surface area contributed by atoms with Crippen LogP contribution in [0.1, 0.15) is 31.9 Å². The molecule has 0 aliphatic carbocycles. The number of nitrogens with two attached hydrogens (primary N) is 1. The Morgan fingerprint density at radius 2 is 1.79 bits per heavy atom. The molecule has 0 unspecified atom stereocenters. The van der Waals surface area contributed by atoms with Crippen molar-refractivity contribution in [2.75, 3.05) is 0 Å². The summed E-state index contributed by atoms with van der Waals surface area (Å²) in [6.07, 6.45) is 0. The van der Waals surface area contributed by atoms with Gasteiger partial charge in [-0.25, -0.2) is 0 Å². The highest BCUT2D eigenvalue weighted by atomic mass is 16.2. The minimum Gasteiger partial charge on any atom is -0.344 e. The van der Waals surface area contributed by atoms with Crippen LogP contribution in [0, 0.1) is 0 Å². The van der Waals surface area contributed by atoms with Gasteiger partial charge in [0.15, 0.2) is 0 Å². The van der Waals surface area contributed by atoms with E-state index in [1.165, 1.54) is 0 Å². The Kier molecular flexibility index (Phi) is 5.06. The van der Waals surface area contributed by atoms with Crippen LogP contribution in [0.2, 0.25) is 0 Å². The highest BCUT2D eigenvalue weighted by molar-refractivity contribution is 6.35. The summed E-state index contributed by atoms with van der Waals surface area (Å²) in [5.74, 6) is -1.25. The summed E-state index contributed by atoms with van der Waals surface area (Å²) in [6.45, 7) is 6.23. The Labute approximate surface area is 113 Å². The van der Waals surface area contributed by atoms with E-state index in [1.54, 1.807) is 0 Å². The van der Waals surface area contributed by atoms with Crippen LogP contribution < -0.4 is 16.4 Å². The molecule has 19 heavy (non-hydrogen) atoms. The second-order valence-electron chi connectivity index (χ2n) is 5.41. The van der Waals surface area contributed by atoms with Crippen LogP contribution in [-0.2, 0) is 22.7 Å². The molecular weight excluding hydrogens is 242 g/mol. The van der Waals surface area contributed by atoms with Gasteiger partial charge in [0.05, 0.1) is 0 Å². The molecule has 5 heteroatoms. The summed E-state index contributed by atoms with van der Waals surface area (Å²) < 4.78 is 0. The third kappa shape index (κ3) is 5.52. The van der Waals surface area contributed by atoms with E-state index >= 15 is 0 Å². The van der Waals surface area contributed by atoms with Crippen LogP contribution >= 0.6 is 0 Å². The minimum absolute atomic E-state index is 0.310. The van der Waals surface area contributed by atoms with Crippen molar-refractivity contribution in [1.29, 1.82) is 0 Å². The van der Waals surface area contributed by atoms with Gasteiger partial charge in [0.25, 0.3) is 0 Å². The predicted molar refractivity (Wildman–Crippen MR) is 74.1 cm³/mol. The molecule has 1 aromatic carbocycles. The molecule has 0 saturated carbocycles. The molecule has 0 heterocycles. The first kappa shape index (κ1) is 15.2. The van der Waals surface area contributed by atoms with E-state index in [-0.39, 0.29) is 0 Å². The Bertz CT molecular complexity index is 464. The van der Waals surface area contributed by atoms with Gasteiger partial charge in [-0.3, -0.25) is 9.59 Å². The molecule has 104 valence electrons. The fourth-order valence-corrected chi connectivity index (χ4v) is 1.53. The molecular formula is C14H21N3O2. The molecule has 4 N–H and O–H groups in total. The van der Waals surface area contributed by atoms with Gasteiger partial charge in [0.2, 0.25) is 0 Å². The number of carbonyl (C=O) groups is 2. The number of carbonyl (C=O) groups excluding carboxylic acids is 2. The van der Waals surface area contributed by atoms with Crippen LogP contribution in [0.25, 0.3) is 0 Å². The van der Waals surface area contributed by atoms with Gasteiger partial charge in [0, 0.05) is 18.6 Å². The van der Waals surface area contributed by atoms with E-state index in [0.29, 0.717) is 13.1 Å². The molecule has 1 aromatic rings. The number of hydrogen-bond donors (Lipinski definition) is 3.